The lowest BCUT2D eigenvalue weighted by atomic mass is 9.75. The highest BCUT2D eigenvalue weighted by Gasteiger charge is 2.28. The van der Waals surface area contributed by atoms with Gasteiger partial charge in [-0.05, 0) is 31.1 Å². The van der Waals surface area contributed by atoms with Gasteiger partial charge in [0, 0.05) is 12.1 Å². The summed E-state index contributed by atoms with van der Waals surface area (Å²) >= 11 is 5.86. The average molecular weight is 312 g/mol. The molecule has 0 aliphatic heterocycles. The number of nitro groups is 1. The Morgan fingerprint density at radius 3 is 2.67 bits per heavy atom. The van der Waals surface area contributed by atoms with Gasteiger partial charge in [-0.2, -0.15) is 0 Å². The topological polar surface area (TPSA) is 85.1 Å². The van der Waals surface area contributed by atoms with Gasteiger partial charge in [0.25, 0.3) is 11.6 Å². The number of hydrogen-bond donors (Lipinski definition) is 1. The van der Waals surface area contributed by atoms with Gasteiger partial charge in [-0.3, -0.25) is 14.9 Å². The van der Waals surface area contributed by atoms with Crippen molar-refractivity contribution in [3.8, 4) is 0 Å². The Labute approximate surface area is 128 Å². The van der Waals surface area contributed by atoms with E-state index in [1.165, 1.54) is 0 Å². The first-order valence-corrected chi connectivity index (χ1v) is 7.27. The van der Waals surface area contributed by atoms with Crippen molar-refractivity contribution >= 4 is 23.2 Å². The largest absolute Gasteiger partial charge is 0.349 e. The Hall–Kier alpha value is -1.69. The van der Waals surface area contributed by atoms with Gasteiger partial charge in [0.15, 0.2) is 0 Å². The number of carbonyl (C=O) groups is 1. The van der Waals surface area contributed by atoms with Gasteiger partial charge in [0.05, 0.1) is 10.5 Å². The molecule has 0 aromatic carbocycles. The fourth-order valence-corrected chi connectivity index (χ4v) is 2.69. The number of hydrogen-bond acceptors (Lipinski definition) is 4. The van der Waals surface area contributed by atoms with Crippen molar-refractivity contribution in [2.75, 3.05) is 0 Å². The van der Waals surface area contributed by atoms with E-state index in [1.54, 1.807) is 0 Å². The molecule has 1 N–H and O–H groups in total. The van der Waals surface area contributed by atoms with Crippen molar-refractivity contribution in [2.45, 2.75) is 45.6 Å². The number of nitrogens with zero attached hydrogens (tertiary/aromatic N) is 2. The maximum absolute atomic E-state index is 12.2. The van der Waals surface area contributed by atoms with Crippen LogP contribution in [-0.2, 0) is 0 Å². The van der Waals surface area contributed by atoms with E-state index in [0.29, 0.717) is 5.41 Å². The zero-order valence-corrected chi connectivity index (χ0v) is 12.8. The first kappa shape index (κ1) is 15.7. The van der Waals surface area contributed by atoms with Crippen molar-refractivity contribution in [3.63, 3.8) is 0 Å². The molecule has 1 amide bonds. The van der Waals surface area contributed by atoms with Crippen LogP contribution < -0.4 is 5.32 Å². The van der Waals surface area contributed by atoms with E-state index in [4.69, 9.17) is 11.6 Å². The Bertz CT molecular complexity index is 565. The number of halogens is 1. The van der Waals surface area contributed by atoms with Gasteiger partial charge in [-0.25, -0.2) is 4.98 Å². The predicted octanol–water partition coefficient (Wildman–Crippen LogP) is 3.34. The fraction of sp³-hybridized carbons (Fsp3) is 0.571. The lowest BCUT2D eigenvalue weighted by Gasteiger charge is -2.34. The third-order valence-electron chi connectivity index (χ3n) is 3.95. The Morgan fingerprint density at radius 1 is 1.48 bits per heavy atom. The van der Waals surface area contributed by atoms with Crippen LogP contribution in [0.5, 0.6) is 0 Å². The van der Waals surface area contributed by atoms with Gasteiger partial charge in [-0.1, -0.05) is 25.4 Å². The molecule has 1 aliphatic carbocycles. The molecule has 1 heterocycles. The number of nitrogens with one attached hydrogen (secondary N) is 1. The highest BCUT2D eigenvalue weighted by molar-refractivity contribution is 6.32. The zero-order valence-electron chi connectivity index (χ0n) is 12.1. The minimum absolute atomic E-state index is 0.0192. The molecule has 2 rings (SSSR count). The lowest BCUT2D eigenvalue weighted by molar-refractivity contribution is -0.385. The van der Waals surface area contributed by atoms with E-state index in [-0.39, 0.29) is 22.4 Å². The Morgan fingerprint density at radius 2 is 2.10 bits per heavy atom. The van der Waals surface area contributed by atoms with Gasteiger partial charge in [0.1, 0.15) is 11.3 Å². The van der Waals surface area contributed by atoms with Crippen LogP contribution in [0.2, 0.25) is 5.15 Å². The van der Waals surface area contributed by atoms with Gasteiger partial charge >= 0.3 is 0 Å². The zero-order chi connectivity index (χ0) is 15.6. The fourth-order valence-electron chi connectivity index (χ4n) is 2.50. The summed E-state index contributed by atoms with van der Waals surface area (Å²) in [5.41, 5.74) is 0.122. The van der Waals surface area contributed by atoms with Crippen LogP contribution in [0.3, 0.4) is 0 Å². The van der Waals surface area contributed by atoms with E-state index in [1.807, 2.05) is 0 Å². The van der Waals surface area contributed by atoms with Crippen LogP contribution in [0.15, 0.2) is 12.3 Å². The van der Waals surface area contributed by atoms with Crippen LogP contribution in [0.25, 0.3) is 0 Å². The van der Waals surface area contributed by atoms with Crippen molar-refractivity contribution in [1.82, 2.24) is 10.3 Å². The first-order chi connectivity index (χ1) is 9.78. The molecule has 0 unspecified atom stereocenters. The molecular weight excluding hydrogens is 294 g/mol. The lowest BCUT2D eigenvalue weighted by Crippen LogP contribution is -2.39. The van der Waals surface area contributed by atoms with Crippen molar-refractivity contribution < 1.29 is 9.72 Å². The molecule has 1 aliphatic rings. The summed E-state index contributed by atoms with van der Waals surface area (Å²) in [7, 11) is 0. The minimum atomic E-state index is -0.594. The molecule has 0 radical (unpaired) electrons. The third kappa shape index (κ3) is 3.91. The quantitative estimate of drug-likeness (QED) is 0.527. The number of carbonyl (C=O) groups excluding carboxylic acids is 1. The predicted molar refractivity (Wildman–Crippen MR) is 79.4 cm³/mol. The van der Waals surface area contributed by atoms with Crippen molar-refractivity contribution in [2.24, 2.45) is 5.41 Å². The van der Waals surface area contributed by atoms with Crippen molar-refractivity contribution in [3.05, 3.63) is 33.1 Å². The second kappa shape index (κ2) is 5.97. The summed E-state index contributed by atoms with van der Waals surface area (Å²) in [5.74, 6) is -0.402. The molecule has 114 valence electrons. The van der Waals surface area contributed by atoms with Crippen molar-refractivity contribution in [1.29, 1.82) is 0 Å². The maximum atomic E-state index is 12.2. The van der Waals surface area contributed by atoms with Gasteiger partial charge in [0.2, 0.25) is 0 Å². The maximum Gasteiger partial charge on any atom is 0.288 e. The van der Waals surface area contributed by atoms with Gasteiger partial charge < -0.3 is 5.32 Å². The molecule has 1 aromatic heterocycles. The summed E-state index contributed by atoms with van der Waals surface area (Å²) in [5, 5.41) is 13.6. The molecule has 21 heavy (non-hydrogen) atoms. The summed E-state index contributed by atoms with van der Waals surface area (Å²) in [6.45, 7) is 4.43. The molecular formula is C14H18ClN3O3. The van der Waals surface area contributed by atoms with Crippen LogP contribution in [0.4, 0.5) is 5.69 Å². The summed E-state index contributed by atoms with van der Waals surface area (Å²) in [6.07, 6.45) is 4.93. The average Bonchev–Trinajstić information content (AvgIpc) is 2.41. The number of pyridine rings is 1. The molecule has 6 nitrogen and oxygen atoms in total. The van der Waals surface area contributed by atoms with Crippen LogP contribution in [0.1, 0.15) is 49.9 Å². The summed E-state index contributed by atoms with van der Waals surface area (Å²) in [6, 6.07) is 1.25. The summed E-state index contributed by atoms with van der Waals surface area (Å²) < 4.78 is 0. The number of rotatable bonds is 3. The second-order valence-electron chi connectivity index (χ2n) is 6.20. The van der Waals surface area contributed by atoms with E-state index in [0.717, 1.165) is 37.9 Å². The van der Waals surface area contributed by atoms with Gasteiger partial charge in [-0.15, -0.1) is 0 Å². The second-order valence-corrected chi connectivity index (χ2v) is 6.56. The normalized spacial score (nSPS) is 18.2. The van der Waals surface area contributed by atoms with Crippen LogP contribution in [-0.4, -0.2) is 21.9 Å². The third-order valence-corrected chi connectivity index (χ3v) is 4.26. The molecule has 1 aromatic rings. The monoisotopic (exact) mass is 311 g/mol. The SMILES string of the molecule is CC1(C)CCC(NC(=O)c2cc([N+](=O)[O-])cnc2Cl)CC1. The Balaban J connectivity index is 2.07. The van der Waals surface area contributed by atoms with E-state index >= 15 is 0 Å². The van der Waals surface area contributed by atoms with E-state index in [2.05, 4.69) is 24.1 Å². The summed E-state index contributed by atoms with van der Waals surface area (Å²) in [4.78, 5) is 26.1. The van der Waals surface area contributed by atoms with Crippen LogP contribution in [0, 0.1) is 15.5 Å². The minimum Gasteiger partial charge on any atom is -0.349 e. The van der Waals surface area contributed by atoms with Crippen LogP contribution >= 0.6 is 11.6 Å². The molecule has 7 heteroatoms. The van der Waals surface area contributed by atoms with E-state index in [9.17, 15) is 14.9 Å². The molecule has 0 bridgehead atoms. The Kier molecular flexibility index (Phi) is 4.46. The molecule has 0 spiro atoms. The highest BCUT2D eigenvalue weighted by Crippen LogP contribution is 2.35. The molecule has 1 saturated carbocycles. The molecule has 0 atom stereocenters. The molecule has 0 saturated heterocycles. The number of aromatic nitrogens is 1. The standard InChI is InChI=1S/C14H18ClN3O3/c1-14(2)5-3-9(4-6-14)17-13(19)11-7-10(18(20)21)8-16-12(11)15/h7-9H,3-6H2,1-2H3,(H,17,19). The first-order valence-electron chi connectivity index (χ1n) is 6.89. The number of amides is 1. The molecule has 1 fully saturated rings. The smallest absolute Gasteiger partial charge is 0.288 e. The van der Waals surface area contributed by atoms with E-state index < -0.39 is 10.8 Å². The highest BCUT2D eigenvalue weighted by atomic mass is 35.5.